The highest BCUT2D eigenvalue weighted by Crippen LogP contribution is 2.31. The lowest BCUT2D eigenvalue weighted by atomic mass is 10.3. The number of halogens is 1. The quantitative estimate of drug-likeness (QED) is 0.783. The van der Waals surface area contributed by atoms with Crippen LogP contribution in [-0.2, 0) is 6.54 Å². The van der Waals surface area contributed by atoms with E-state index in [1.165, 1.54) is 17.7 Å². The molecule has 1 fully saturated rings. The molecule has 0 saturated heterocycles. The molecule has 1 saturated carbocycles. The minimum atomic E-state index is 0.552. The fourth-order valence-corrected chi connectivity index (χ4v) is 3.49. The number of benzene rings is 1. The van der Waals surface area contributed by atoms with Crippen molar-refractivity contribution in [3.8, 4) is 5.75 Å². The molecule has 22 heavy (non-hydrogen) atoms. The Bertz CT molecular complexity index is 656. The number of hydrogen-bond donors (Lipinski definition) is 1. The first-order valence-electron chi connectivity index (χ1n) is 7.11. The molecule has 0 radical (unpaired) electrons. The Morgan fingerprint density at radius 2 is 2.27 bits per heavy atom. The highest BCUT2D eigenvalue weighted by Gasteiger charge is 2.31. The molecule has 2 aromatic rings. The smallest absolute Gasteiger partial charge is 0.174 e. The molecule has 0 aliphatic heterocycles. The van der Waals surface area contributed by atoms with Gasteiger partial charge in [-0.1, -0.05) is 17.7 Å². The first-order valence-corrected chi connectivity index (χ1v) is 8.77. The zero-order valence-electron chi connectivity index (χ0n) is 12.2. The van der Waals surface area contributed by atoms with Crippen molar-refractivity contribution in [1.82, 2.24) is 4.90 Å². The van der Waals surface area contributed by atoms with Gasteiger partial charge >= 0.3 is 0 Å². The molecular weight excluding hydrogens is 336 g/mol. The van der Waals surface area contributed by atoms with Gasteiger partial charge in [-0.3, -0.25) is 0 Å². The Balaban J connectivity index is 1.71. The SMILES string of the molecule is COc1cc(NC(=S)N(Cc2cccs2)C2CC2)ccc1Cl. The Morgan fingerprint density at radius 1 is 1.45 bits per heavy atom. The van der Waals surface area contributed by atoms with Gasteiger partial charge in [-0.15, -0.1) is 11.3 Å². The summed E-state index contributed by atoms with van der Waals surface area (Å²) in [5.41, 5.74) is 0.892. The molecule has 0 spiro atoms. The lowest BCUT2D eigenvalue weighted by molar-refractivity contribution is 0.412. The Morgan fingerprint density at radius 3 is 2.91 bits per heavy atom. The predicted octanol–water partition coefficient (Wildman–Crippen LogP) is 4.77. The minimum Gasteiger partial charge on any atom is -0.495 e. The molecule has 1 aromatic carbocycles. The summed E-state index contributed by atoms with van der Waals surface area (Å²) in [5, 5.41) is 6.74. The molecule has 1 heterocycles. The molecule has 1 N–H and O–H groups in total. The fraction of sp³-hybridized carbons (Fsp3) is 0.312. The molecule has 1 aliphatic carbocycles. The first kappa shape index (κ1) is 15.6. The predicted molar refractivity (Wildman–Crippen MR) is 97.1 cm³/mol. The molecule has 116 valence electrons. The van der Waals surface area contributed by atoms with Crippen molar-refractivity contribution in [2.75, 3.05) is 12.4 Å². The van der Waals surface area contributed by atoms with Gasteiger partial charge in [0, 0.05) is 22.7 Å². The normalized spacial score (nSPS) is 13.7. The van der Waals surface area contributed by atoms with Gasteiger partial charge in [0.05, 0.1) is 18.7 Å². The summed E-state index contributed by atoms with van der Waals surface area (Å²) in [4.78, 5) is 3.59. The van der Waals surface area contributed by atoms with Crippen LogP contribution in [0.5, 0.6) is 5.75 Å². The summed E-state index contributed by atoms with van der Waals surface area (Å²) in [7, 11) is 1.61. The van der Waals surface area contributed by atoms with Crippen LogP contribution in [0, 0.1) is 0 Å². The van der Waals surface area contributed by atoms with Gasteiger partial charge in [0.25, 0.3) is 0 Å². The number of thiocarbonyl (C=S) groups is 1. The van der Waals surface area contributed by atoms with E-state index in [0.29, 0.717) is 16.8 Å². The summed E-state index contributed by atoms with van der Waals surface area (Å²) in [5.74, 6) is 0.644. The summed E-state index contributed by atoms with van der Waals surface area (Å²) >= 11 is 13.4. The fourth-order valence-electron chi connectivity index (χ4n) is 2.26. The van der Waals surface area contributed by atoms with Crippen LogP contribution >= 0.6 is 35.2 Å². The van der Waals surface area contributed by atoms with Crippen molar-refractivity contribution in [3.05, 3.63) is 45.6 Å². The molecule has 3 rings (SSSR count). The standard InChI is InChI=1S/C16H17ClN2OS2/c1-20-15-9-11(4-7-14(15)17)18-16(21)19(12-5-6-12)10-13-3-2-8-22-13/h2-4,7-9,12H,5-6,10H2,1H3,(H,18,21). The topological polar surface area (TPSA) is 24.5 Å². The van der Waals surface area contributed by atoms with Crippen molar-refractivity contribution >= 4 is 46.0 Å². The molecular formula is C16H17ClN2OS2. The van der Waals surface area contributed by atoms with Crippen LogP contribution in [-0.4, -0.2) is 23.2 Å². The molecule has 0 amide bonds. The number of nitrogens with zero attached hydrogens (tertiary/aromatic N) is 1. The van der Waals surface area contributed by atoms with E-state index in [-0.39, 0.29) is 0 Å². The second kappa shape index (κ2) is 6.86. The maximum Gasteiger partial charge on any atom is 0.174 e. The number of anilines is 1. The van der Waals surface area contributed by atoms with Crippen molar-refractivity contribution in [2.45, 2.75) is 25.4 Å². The molecule has 1 aromatic heterocycles. The van der Waals surface area contributed by atoms with Crippen LogP contribution in [0.2, 0.25) is 5.02 Å². The van der Waals surface area contributed by atoms with Gasteiger partial charge in [0.2, 0.25) is 0 Å². The second-order valence-corrected chi connectivity index (χ2v) is 7.04. The zero-order valence-corrected chi connectivity index (χ0v) is 14.6. The van der Waals surface area contributed by atoms with Gasteiger partial charge < -0.3 is 15.0 Å². The van der Waals surface area contributed by atoms with Gasteiger partial charge in [-0.2, -0.15) is 0 Å². The van der Waals surface area contributed by atoms with E-state index >= 15 is 0 Å². The average Bonchev–Trinajstić information content (AvgIpc) is 3.22. The molecule has 1 aliphatic rings. The number of methoxy groups -OCH3 is 1. The van der Waals surface area contributed by atoms with Gasteiger partial charge in [-0.25, -0.2) is 0 Å². The van der Waals surface area contributed by atoms with Crippen molar-refractivity contribution in [2.24, 2.45) is 0 Å². The maximum absolute atomic E-state index is 6.06. The van der Waals surface area contributed by atoms with Gasteiger partial charge in [-0.05, 0) is 48.6 Å². The largest absolute Gasteiger partial charge is 0.495 e. The van der Waals surface area contributed by atoms with Crippen molar-refractivity contribution in [1.29, 1.82) is 0 Å². The summed E-state index contributed by atoms with van der Waals surface area (Å²) in [6.07, 6.45) is 2.41. The van der Waals surface area contributed by atoms with E-state index in [0.717, 1.165) is 17.3 Å². The van der Waals surface area contributed by atoms with Crippen molar-refractivity contribution in [3.63, 3.8) is 0 Å². The van der Waals surface area contributed by atoms with Crippen LogP contribution in [0.25, 0.3) is 0 Å². The number of hydrogen-bond acceptors (Lipinski definition) is 3. The molecule has 0 bridgehead atoms. The summed E-state index contributed by atoms with van der Waals surface area (Å²) in [6, 6.07) is 10.4. The zero-order chi connectivity index (χ0) is 15.5. The monoisotopic (exact) mass is 352 g/mol. The van der Waals surface area contributed by atoms with Gasteiger partial charge in [0.15, 0.2) is 5.11 Å². The number of rotatable bonds is 5. The third kappa shape index (κ3) is 3.72. The van der Waals surface area contributed by atoms with E-state index in [1.807, 2.05) is 18.2 Å². The van der Waals surface area contributed by atoms with Crippen LogP contribution in [0.1, 0.15) is 17.7 Å². The van der Waals surface area contributed by atoms with E-state index in [9.17, 15) is 0 Å². The maximum atomic E-state index is 6.06. The number of ether oxygens (including phenoxy) is 1. The first-order chi connectivity index (χ1) is 10.7. The Labute approximate surface area is 144 Å². The Hall–Kier alpha value is -1.30. The Kier molecular flexibility index (Phi) is 4.86. The highest BCUT2D eigenvalue weighted by molar-refractivity contribution is 7.80. The van der Waals surface area contributed by atoms with Crippen LogP contribution in [0.3, 0.4) is 0 Å². The van der Waals surface area contributed by atoms with E-state index in [1.54, 1.807) is 18.4 Å². The van der Waals surface area contributed by atoms with Crippen LogP contribution < -0.4 is 10.1 Å². The van der Waals surface area contributed by atoms with E-state index < -0.39 is 0 Å². The summed E-state index contributed by atoms with van der Waals surface area (Å²) in [6.45, 7) is 0.860. The van der Waals surface area contributed by atoms with Crippen LogP contribution in [0.4, 0.5) is 5.69 Å². The molecule has 0 unspecified atom stereocenters. The molecule has 6 heteroatoms. The average molecular weight is 353 g/mol. The van der Waals surface area contributed by atoms with Crippen LogP contribution in [0.15, 0.2) is 35.7 Å². The number of nitrogens with one attached hydrogen (secondary N) is 1. The minimum absolute atomic E-state index is 0.552. The highest BCUT2D eigenvalue weighted by atomic mass is 35.5. The molecule has 0 atom stereocenters. The second-order valence-electron chi connectivity index (χ2n) is 5.22. The number of thiophene rings is 1. The van der Waals surface area contributed by atoms with E-state index in [2.05, 4.69) is 27.7 Å². The molecule has 3 nitrogen and oxygen atoms in total. The lowest BCUT2D eigenvalue weighted by Gasteiger charge is -2.25. The third-order valence-electron chi connectivity index (χ3n) is 3.56. The van der Waals surface area contributed by atoms with Crippen molar-refractivity contribution < 1.29 is 4.74 Å². The third-order valence-corrected chi connectivity index (χ3v) is 5.07. The van der Waals surface area contributed by atoms with Gasteiger partial charge in [0.1, 0.15) is 5.75 Å². The lowest BCUT2D eigenvalue weighted by Crippen LogP contribution is -2.35. The van der Waals surface area contributed by atoms with E-state index in [4.69, 9.17) is 28.6 Å². The summed E-state index contributed by atoms with van der Waals surface area (Å²) < 4.78 is 5.25.